The number of hydrogen-bond acceptors (Lipinski definition) is 2. The van der Waals surface area contributed by atoms with E-state index in [0.29, 0.717) is 0 Å². The maximum Gasteiger partial charge on any atom is 0.390 e. The van der Waals surface area contributed by atoms with Gasteiger partial charge in [-0.2, -0.15) is 17.5 Å². The zero-order valence-corrected chi connectivity index (χ0v) is 12.5. The van der Waals surface area contributed by atoms with E-state index in [1.807, 2.05) is 6.92 Å². The molecule has 1 aromatic rings. The van der Waals surface area contributed by atoms with Gasteiger partial charge in [-0.25, -0.2) is 8.42 Å². The summed E-state index contributed by atoms with van der Waals surface area (Å²) in [5.41, 5.74) is 1.72. The molecular formula is C13H18F3NO2S. The van der Waals surface area contributed by atoms with E-state index in [-0.39, 0.29) is 11.4 Å². The number of rotatable bonds is 5. The first-order valence-electron chi connectivity index (χ1n) is 6.22. The van der Waals surface area contributed by atoms with Gasteiger partial charge in [0.2, 0.25) is 10.0 Å². The predicted molar refractivity (Wildman–Crippen MR) is 71.0 cm³/mol. The molecule has 0 spiro atoms. The van der Waals surface area contributed by atoms with Crippen LogP contribution < -0.4 is 0 Å². The van der Waals surface area contributed by atoms with Crippen LogP contribution in [0, 0.1) is 13.8 Å². The van der Waals surface area contributed by atoms with Crippen LogP contribution >= 0.6 is 0 Å². The lowest BCUT2D eigenvalue weighted by molar-refractivity contribution is -0.135. The highest BCUT2D eigenvalue weighted by molar-refractivity contribution is 7.89. The van der Waals surface area contributed by atoms with Gasteiger partial charge in [-0.1, -0.05) is 13.0 Å². The second-order valence-electron chi connectivity index (χ2n) is 4.61. The smallest absolute Gasteiger partial charge is 0.207 e. The highest BCUT2D eigenvalue weighted by atomic mass is 32.2. The third-order valence-corrected chi connectivity index (χ3v) is 5.08. The van der Waals surface area contributed by atoms with Crippen LogP contribution in [-0.4, -0.2) is 32.0 Å². The molecule has 0 aliphatic carbocycles. The van der Waals surface area contributed by atoms with Crippen molar-refractivity contribution in [2.75, 3.05) is 13.1 Å². The minimum atomic E-state index is -4.37. The second-order valence-corrected chi connectivity index (χ2v) is 6.55. The van der Waals surface area contributed by atoms with Crippen molar-refractivity contribution in [2.45, 2.75) is 38.3 Å². The van der Waals surface area contributed by atoms with E-state index in [1.165, 1.54) is 19.1 Å². The van der Waals surface area contributed by atoms with Gasteiger partial charge in [0, 0.05) is 13.1 Å². The molecule has 0 fully saturated rings. The Hall–Kier alpha value is -1.08. The van der Waals surface area contributed by atoms with Gasteiger partial charge >= 0.3 is 6.18 Å². The van der Waals surface area contributed by atoms with Gasteiger partial charge in [-0.05, 0) is 37.1 Å². The minimum absolute atomic E-state index is 0.00530. The summed E-state index contributed by atoms with van der Waals surface area (Å²) in [6, 6.07) is 4.56. The van der Waals surface area contributed by atoms with Gasteiger partial charge in [-0.3, -0.25) is 0 Å². The molecule has 0 heterocycles. The summed E-state index contributed by atoms with van der Waals surface area (Å²) in [5.74, 6) is 0. The third-order valence-electron chi connectivity index (χ3n) is 3.11. The van der Waals surface area contributed by atoms with Crippen molar-refractivity contribution in [3.05, 3.63) is 29.3 Å². The van der Waals surface area contributed by atoms with Crippen molar-refractivity contribution in [1.82, 2.24) is 4.31 Å². The predicted octanol–water partition coefficient (Wildman–Crippen LogP) is 3.27. The van der Waals surface area contributed by atoms with Gasteiger partial charge in [0.05, 0.1) is 11.3 Å². The maximum absolute atomic E-state index is 12.3. The average molecular weight is 309 g/mol. The fraction of sp³-hybridized carbons (Fsp3) is 0.538. The Labute approximate surface area is 117 Å². The molecule has 0 aromatic heterocycles. The normalized spacial score (nSPS) is 12.9. The lowest BCUT2D eigenvalue weighted by atomic mass is 10.1. The zero-order chi connectivity index (χ0) is 15.6. The van der Waals surface area contributed by atoms with Gasteiger partial charge in [-0.15, -0.1) is 0 Å². The summed E-state index contributed by atoms with van der Waals surface area (Å²) in [6.45, 7) is 4.57. The Morgan fingerprint density at radius 2 is 1.75 bits per heavy atom. The van der Waals surface area contributed by atoms with E-state index in [2.05, 4.69) is 0 Å². The van der Waals surface area contributed by atoms with E-state index >= 15 is 0 Å². The van der Waals surface area contributed by atoms with Crippen LogP contribution in [0.4, 0.5) is 13.2 Å². The number of aryl methyl sites for hydroxylation is 2. The fourth-order valence-corrected chi connectivity index (χ4v) is 3.26. The summed E-state index contributed by atoms with van der Waals surface area (Å²) >= 11 is 0. The monoisotopic (exact) mass is 309 g/mol. The minimum Gasteiger partial charge on any atom is -0.207 e. The van der Waals surface area contributed by atoms with Crippen LogP contribution in [0.15, 0.2) is 23.1 Å². The van der Waals surface area contributed by atoms with Crippen molar-refractivity contribution in [1.29, 1.82) is 0 Å². The second kappa shape index (κ2) is 6.13. The van der Waals surface area contributed by atoms with Gasteiger partial charge in [0.15, 0.2) is 0 Å². The molecule has 0 bridgehead atoms. The summed E-state index contributed by atoms with van der Waals surface area (Å²) in [6.07, 6.45) is -5.52. The van der Waals surface area contributed by atoms with Crippen LogP contribution in [0.1, 0.15) is 24.5 Å². The van der Waals surface area contributed by atoms with Gasteiger partial charge in [0.1, 0.15) is 0 Å². The van der Waals surface area contributed by atoms with Crippen LogP contribution in [0.25, 0.3) is 0 Å². The summed E-state index contributed by atoms with van der Waals surface area (Å²) in [7, 11) is -3.88. The molecule has 0 unspecified atom stereocenters. The molecular weight excluding hydrogens is 291 g/mol. The molecule has 114 valence electrons. The fourth-order valence-electron chi connectivity index (χ4n) is 1.72. The zero-order valence-electron chi connectivity index (χ0n) is 11.7. The largest absolute Gasteiger partial charge is 0.390 e. The lowest BCUT2D eigenvalue weighted by Gasteiger charge is -2.21. The average Bonchev–Trinajstić information content (AvgIpc) is 2.31. The summed E-state index contributed by atoms with van der Waals surface area (Å²) in [4.78, 5) is 0.0321. The SMILES string of the molecule is CCN(CCC(F)(F)F)S(=O)(=O)c1ccc(C)c(C)c1. The summed E-state index contributed by atoms with van der Waals surface area (Å²) < 4.78 is 62.2. The number of alkyl halides is 3. The first-order chi connectivity index (χ1) is 9.08. The quantitative estimate of drug-likeness (QED) is 0.837. The maximum atomic E-state index is 12.3. The Balaban J connectivity index is 3.02. The number of hydrogen-bond donors (Lipinski definition) is 0. The van der Waals surface area contributed by atoms with Crippen LogP contribution in [0.3, 0.4) is 0 Å². The van der Waals surface area contributed by atoms with Crippen LogP contribution in [0.5, 0.6) is 0 Å². The van der Waals surface area contributed by atoms with E-state index in [0.717, 1.165) is 15.4 Å². The van der Waals surface area contributed by atoms with Crippen LogP contribution in [-0.2, 0) is 10.0 Å². The van der Waals surface area contributed by atoms with Crippen LogP contribution in [0.2, 0.25) is 0 Å². The topological polar surface area (TPSA) is 37.4 Å². The highest BCUT2D eigenvalue weighted by Gasteiger charge is 2.31. The van der Waals surface area contributed by atoms with E-state index in [1.54, 1.807) is 13.0 Å². The van der Waals surface area contributed by atoms with Gasteiger partial charge < -0.3 is 0 Å². The number of nitrogens with zero attached hydrogens (tertiary/aromatic N) is 1. The van der Waals surface area contributed by atoms with Crippen molar-refractivity contribution >= 4 is 10.0 Å². The van der Waals surface area contributed by atoms with Crippen molar-refractivity contribution in [2.24, 2.45) is 0 Å². The lowest BCUT2D eigenvalue weighted by Crippen LogP contribution is -2.34. The van der Waals surface area contributed by atoms with Gasteiger partial charge in [0.25, 0.3) is 0 Å². The molecule has 0 saturated carbocycles. The molecule has 0 saturated heterocycles. The number of sulfonamides is 1. The van der Waals surface area contributed by atoms with Crippen molar-refractivity contribution < 1.29 is 21.6 Å². The molecule has 0 atom stereocenters. The molecule has 0 aliphatic rings. The van der Waals surface area contributed by atoms with E-state index in [4.69, 9.17) is 0 Å². The Kier molecular flexibility index (Phi) is 5.21. The molecule has 1 aromatic carbocycles. The third kappa shape index (κ3) is 4.21. The van der Waals surface area contributed by atoms with Crippen molar-refractivity contribution in [3.8, 4) is 0 Å². The van der Waals surface area contributed by atoms with E-state index in [9.17, 15) is 21.6 Å². The Morgan fingerprint density at radius 3 is 2.20 bits per heavy atom. The molecule has 0 amide bonds. The Morgan fingerprint density at radius 1 is 1.15 bits per heavy atom. The first kappa shape index (κ1) is 17.0. The summed E-state index contributed by atoms with van der Waals surface area (Å²) in [5, 5.41) is 0. The molecule has 7 heteroatoms. The highest BCUT2D eigenvalue weighted by Crippen LogP contribution is 2.23. The molecule has 0 N–H and O–H groups in total. The molecule has 0 aliphatic heterocycles. The molecule has 0 radical (unpaired) electrons. The van der Waals surface area contributed by atoms with E-state index < -0.39 is 29.2 Å². The number of benzene rings is 1. The van der Waals surface area contributed by atoms with Crippen molar-refractivity contribution in [3.63, 3.8) is 0 Å². The molecule has 1 rings (SSSR count). The first-order valence-corrected chi connectivity index (χ1v) is 7.66. The number of halogens is 3. The Bertz CT molecular complexity index is 567. The molecule has 20 heavy (non-hydrogen) atoms. The molecule has 3 nitrogen and oxygen atoms in total. The standard InChI is InChI=1S/C13H18F3NO2S/c1-4-17(8-7-13(14,15)16)20(18,19)12-6-5-10(2)11(3)9-12/h5-6,9H,4,7-8H2,1-3H3.